The molecule has 6 aromatic carbocycles. The molecule has 0 spiro atoms. The van der Waals surface area contributed by atoms with Gasteiger partial charge in [-0.2, -0.15) is 0 Å². The van der Waals surface area contributed by atoms with Crippen LogP contribution in [0.3, 0.4) is 0 Å². The monoisotopic (exact) mass is 601 g/mol. The fraction of sp³-hybridized carbons (Fsp3) is 0.0263. The summed E-state index contributed by atoms with van der Waals surface area (Å²) in [6, 6.07) is 62.5. The Labute approximate surface area is 255 Å². The summed E-state index contributed by atoms with van der Waals surface area (Å²) in [6.45, 7) is 0. The fourth-order valence-corrected chi connectivity index (χ4v) is 14.4. The van der Waals surface area contributed by atoms with Crippen LogP contribution in [0.2, 0.25) is 0 Å². The number of hydrogen-bond acceptors (Lipinski definition) is 3. The zero-order valence-electron chi connectivity index (χ0n) is 24.1. The number of carbonyl (C=O) groups is 1. The van der Waals surface area contributed by atoms with Gasteiger partial charge < -0.3 is 6.15 Å². The van der Waals surface area contributed by atoms with Crippen molar-refractivity contribution in [3.05, 3.63) is 182 Å². The number of benzene rings is 6. The van der Waals surface area contributed by atoms with E-state index in [9.17, 15) is 4.79 Å². The average Bonchev–Trinajstić information content (AvgIpc) is 3.08. The van der Waals surface area contributed by atoms with E-state index in [0.29, 0.717) is 0 Å². The summed E-state index contributed by atoms with van der Waals surface area (Å²) in [5.41, 5.74) is 0. The first kappa shape index (κ1) is 30.1. The molecule has 5 heteroatoms. The van der Waals surface area contributed by atoms with Crippen LogP contribution in [0, 0.1) is 0 Å². The minimum atomic E-state index is -3.22. The van der Waals surface area contributed by atoms with E-state index in [-0.39, 0.29) is 18.3 Å². The van der Waals surface area contributed by atoms with Gasteiger partial charge in [-0.05, 0) is 0 Å². The van der Waals surface area contributed by atoms with Crippen molar-refractivity contribution in [2.75, 3.05) is 6.16 Å². The molecule has 0 aromatic heterocycles. The van der Waals surface area contributed by atoms with Gasteiger partial charge in [0.25, 0.3) is 0 Å². The second-order valence-corrected chi connectivity index (χ2v) is 17.6. The third-order valence-corrected chi connectivity index (χ3v) is 16.8. The van der Waals surface area contributed by atoms with Crippen LogP contribution in [0.15, 0.2) is 182 Å². The predicted molar refractivity (Wildman–Crippen MR) is 189 cm³/mol. The van der Waals surface area contributed by atoms with Crippen molar-refractivity contribution in [3.63, 3.8) is 0 Å². The fourth-order valence-electron chi connectivity index (χ4n) is 6.09. The number of rotatable bonds is 9. The van der Waals surface area contributed by atoms with Gasteiger partial charge in [0.05, 0.1) is 0 Å². The first-order valence-corrected chi connectivity index (χ1v) is 18.4. The molecule has 0 fully saturated rings. The van der Waals surface area contributed by atoms with Crippen LogP contribution in [0.1, 0.15) is 0 Å². The third kappa shape index (κ3) is 5.94. The van der Waals surface area contributed by atoms with Crippen molar-refractivity contribution in [3.8, 4) is 0 Å². The molecule has 0 amide bonds. The average molecular weight is 602 g/mol. The molecule has 0 aliphatic rings. The Bertz CT molecular complexity index is 1390. The second kappa shape index (κ2) is 13.7. The molecule has 0 bridgehead atoms. The Hall–Kier alpha value is -4.39. The standard InChI is InChI=1S/C38H34O2P2.H3N/c39-38(31-41(32-19-7-1-8-20-32,33-21-9-2-10-22-33)34-23-11-3-12-24-34)40-42(35-25-13-4-14-26-35,36-27-15-5-16-28-36)37-29-17-6-18-30-37;/h1-30,41-42H,31H2;1H3. The van der Waals surface area contributed by atoms with E-state index >= 15 is 0 Å². The zero-order valence-corrected chi connectivity index (χ0v) is 26.1. The Morgan fingerprint density at radius 2 is 0.628 bits per heavy atom. The molecule has 6 rings (SSSR count). The topological polar surface area (TPSA) is 61.3 Å². The second-order valence-electron chi connectivity index (χ2n) is 10.4. The third-order valence-electron chi connectivity index (χ3n) is 8.02. The maximum atomic E-state index is 14.8. The predicted octanol–water partition coefficient (Wildman–Crippen LogP) is 6.06. The van der Waals surface area contributed by atoms with E-state index in [1.807, 2.05) is 72.8 Å². The summed E-state index contributed by atoms with van der Waals surface area (Å²) in [5.74, 6) is -0.179. The van der Waals surface area contributed by atoms with Crippen LogP contribution in [-0.4, -0.2) is 12.1 Å². The summed E-state index contributed by atoms with van der Waals surface area (Å²) in [5, 5.41) is 6.69. The Morgan fingerprint density at radius 1 is 0.395 bits per heavy atom. The molecule has 0 heterocycles. The van der Waals surface area contributed by atoms with Gasteiger partial charge in [-0.25, -0.2) is 0 Å². The van der Waals surface area contributed by atoms with Crippen LogP contribution in [0.25, 0.3) is 0 Å². The van der Waals surface area contributed by atoms with E-state index in [2.05, 4.69) is 109 Å². The van der Waals surface area contributed by atoms with E-state index in [1.165, 1.54) is 15.9 Å². The Balaban J connectivity index is 0.00000368. The van der Waals surface area contributed by atoms with Crippen LogP contribution >= 0.6 is 14.8 Å². The van der Waals surface area contributed by atoms with Gasteiger partial charge in [0.15, 0.2) is 0 Å². The maximum absolute atomic E-state index is 14.8. The molecular weight excluding hydrogens is 564 g/mol. The summed E-state index contributed by atoms with van der Waals surface area (Å²) in [6.07, 6.45) is 0.284. The van der Waals surface area contributed by atoms with Crippen molar-refractivity contribution in [2.24, 2.45) is 0 Å². The molecule has 0 radical (unpaired) electrons. The van der Waals surface area contributed by atoms with Crippen LogP contribution in [-0.2, 0) is 9.32 Å². The van der Waals surface area contributed by atoms with Gasteiger partial charge in [0.2, 0.25) is 0 Å². The van der Waals surface area contributed by atoms with Crippen molar-refractivity contribution < 1.29 is 9.32 Å². The molecule has 0 atom stereocenters. The quantitative estimate of drug-likeness (QED) is 0.205. The first-order valence-electron chi connectivity index (χ1n) is 14.3. The normalized spacial score (nSPS) is 12.0. The van der Waals surface area contributed by atoms with Crippen molar-refractivity contribution in [1.82, 2.24) is 6.15 Å². The summed E-state index contributed by atoms with van der Waals surface area (Å²) in [7, 11) is -6.06. The van der Waals surface area contributed by atoms with Gasteiger partial charge in [-0.15, -0.1) is 0 Å². The van der Waals surface area contributed by atoms with Gasteiger partial charge >= 0.3 is 250 Å². The molecule has 0 unspecified atom stereocenters. The number of hydrogen-bond donors (Lipinski definition) is 1. The van der Waals surface area contributed by atoms with Crippen molar-refractivity contribution in [2.45, 2.75) is 0 Å². The molecule has 43 heavy (non-hydrogen) atoms. The zero-order chi connectivity index (χ0) is 28.7. The molecular formula is C38H37NO2P2. The molecule has 0 aliphatic heterocycles. The van der Waals surface area contributed by atoms with E-state index in [1.54, 1.807) is 0 Å². The van der Waals surface area contributed by atoms with E-state index in [4.69, 9.17) is 4.52 Å². The van der Waals surface area contributed by atoms with Gasteiger partial charge in [0.1, 0.15) is 0 Å². The van der Waals surface area contributed by atoms with E-state index < -0.39 is 14.8 Å². The molecule has 216 valence electrons. The SMILES string of the molecule is N.O=C(C[PH](c1ccccc1)(c1ccccc1)c1ccccc1)O[PH](c1ccccc1)(c1ccccc1)c1ccccc1. The molecule has 3 nitrogen and oxygen atoms in total. The molecule has 0 saturated heterocycles. The summed E-state index contributed by atoms with van der Waals surface area (Å²) in [4.78, 5) is 14.8. The summed E-state index contributed by atoms with van der Waals surface area (Å²) >= 11 is 0. The Kier molecular flexibility index (Phi) is 9.60. The van der Waals surface area contributed by atoms with E-state index in [0.717, 1.165) is 15.9 Å². The molecule has 6 aromatic rings. The molecule has 0 aliphatic carbocycles. The minimum absolute atomic E-state index is 0. The molecule has 3 N–H and O–H groups in total. The van der Waals surface area contributed by atoms with Crippen LogP contribution in [0.5, 0.6) is 0 Å². The van der Waals surface area contributed by atoms with Gasteiger partial charge in [-0.3, -0.25) is 0 Å². The van der Waals surface area contributed by atoms with Gasteiger partial charge in [0, 0.05) is 0 Å². The van der Waals surface area contributed by atoms with Crippen molar-refractivity contribution >= 4 is 52.5 Å². The van der Waals surface area contributed by atoms with Gasteiger partial charge in [-0.1, -0.05) is 0 Å². The van der Waals surface area contributed by atoms with Crippen molar-refractivity contribution in [1.29, 1.82) is 0 Å². The first-order chi connectivity index (χ1) is 20.7. The van der Waals surface area contributed by atoms with Crippen LogP contribution in [0.4, 0.5) is 0 Å². The van der Waals surface area contributed by atoms with Crippen LogP contribution < -0.4 is 38.0 Å². The number of carbonyl (C=O) groups excluding carboxylic acids is 1. The Morgan fingerprint density at radius 3 is 0.884 bits per heavy atom. The molecule has 0 saturated carbocycles. The summed E-state index contributed by atoms with van der Waals surface area (Å²) < 4.78 is 7.05.